The SMILES string of the molecule is COc1ccccc1CN(C)Cc1csc(CN)n1. The molecule has 0 saturated carbocycles. The Labute approximate surface area is 117 Å². The molecule has 4 nitrogen and oxygen atoms in total. The minimum atomic E-state index is 0.515. The van der Waals surface area contributed by atoms with Crippen molar-refractivity contribution in [2.45, 2.75) is 19.6 Å². The molecule has 1 heterocycles. The second-order valence-electron chi connectivity index (χ2n) is 4.42. The first kappa shape index (κ1) is 14.0. The van der Waals surface area contributed by atoms with E-state index >= 15 is 0 Å². The predicted molar refractivity (Wildman–Crippen MR) is 78.2 cm³/mol. The van der Waals surface area contributed by atoms with E-state index in [2.05, 4.69) is 28.4 Å². The molecule has 2 N–H and O–H groups in total. The quantitative estimate of drug-likeness (QED) is 0.880. The Morgan fingerprint density at radius 3 is 2.79 bits per heavy atom. The lowest BCUT2D eigenvalue weighted by Gasteiger charge is -2.17. The average Bonchev–Trinajstić information content (AvgIpc) is 2.87. The van der Waals surface area contributed by atoms with Gasteiger partial charge in [-0.1, -0.05) is 18.2 Å². The molecule has 1 aromatic heterocycles. The van der Waals surface area contributed by atoms with Crippen molar-refractivity contribution in [1.82, 2.24) is 9.88 Å². The molecular weight excluding hydrogens is 258 g/mol. The maximum atomic E-state index is 5.57. The number of thiazole rings is 1. The molecule has 0 fully saturated rings. The molecular formula is C14H19N3OS. The number of ether oxygens (including phenoxy) is 1. The molecule has 0 amide bonds. The first-order chi connectivity index (χ1) is 9.22. The highest BCUT2D eigenvalue weighted by Gasteiger charge is 2.08. The van der Waals surface area contributed by atoms with Gasteiger partial charge in [-0.05, 0) is 13.1 Å². The van der Waals surface area contributed by atoms with Crippen LogP contribution in [0.5, 0.6) is 5.75 Å². The molecule has 0 aliphatic rings. The lowest BCUT2D eigenvalue weighted by Crippen LogP contribution is -2.18. The van der Waals surface area contributed by atoms with E-state index in [0.29, 0.717) is 6.54 Å². The summed E-state index contributed by atoms with van der Waals surface area (Å²) in [5, 5.41) is 3.06. The monoisotopic (exact) mass is 277 g/mol. The fourth-order valence-electron chi connectivity index (χ4n) is 1.97. The minimum Gasteiger partial charge on any atom is -0.496 e. The topological polar surface area (TPSA) is 51.4 Å². The second kappa shape index (κ2) is 6.65. The smallest absolute Gasteiger partial charge is 0.123 e. The number of rotatable bonds is 6. The molecule has 1 aromatic carbocycles. The van der Waals surface area contributed by atoms with Crippen LogP contribution in [0.25, 0.3) is 0 Å². The van der Waals surface area contributed by atoms with Crippen LogP contribution >= 0.6 is 11.3 Å². The van der Waals surface area contributed by atoms with Crippen LogP contribution in [0, 0.1) is 0 Å². The van der Waals surface area contributed by atoms with E-state index in [1.165, 1.54) is 5.56 Å². The Bertz CT molecular complexity index is 527. The molecule has 0 radical (unpaired) electrons. The van der Waals surface area contributed by atoms with Gasteiger partial charge in [-0.3, -0.25) is 4.90 Å². The van der Waals surface area contributed by atoms with Crippen LogP contribution in [0.3, 0.4) is 0 Å². The van der Waals surface area contributed by atoms with Gasteiger partial charge < -0.3 is 10.5 Å². The summed E-state index contributed by atoms with van der Waals surface area (Å²) >= 11 is 1.62. The standard InChI is InChI=1S/C14H19N3OS/c1-17(9-12-10-19-14(7-15)16-12)8-11-5-3-4-6-13(11)18-2/h3-6,10H,7-9,15H2,1-2H3. The summed E-state index contributed by atoms with van der Waals surface area (Å²) in [6.45, 7) is 2.16. The number of benzene rings is 1. The van der Waals surface area contributed by atoms with Crippen molar-refractivity contribution < 1.29 is 4.74 Å². The molecule has 0 aliphatic heterocycles. The number of aromatic nitrogens is 1. The number of hydrogen-bond donors (Lipinski definition) is 1. The third kappa shape index (κ3) is 3.76. The van der Waals surface area contributed by atoms with Gasteiger partial charge in [0.15, 0.2) is 0 Å². The molecule has 0 aliphatic carbocycles. The fourth-order valence-corrected chi connectivity index (χ4v) is 2.64. The van der Waals surface area contributed by atoms with Crippen molar-refractivity contribution >= 4 is 11.3 Å². The summed E-state index contributed by atoms with van der Waals surface area (Å²) in [6, 6.07) is 8.08. The van der Waals surface area contributed by atoms with Gasteiger partial charge in [0.25, 0.3) is 0 Å². The molecule has 0 bridgehead atoms. The van der Waals surface area contributed by atoms with Crippen molar-refractivity contribution in [3.05, 3.63) is 45.9 Å². The summed E-state index contributed by atoms with van der Waals surface area (Å²) < 4.78 is 5.36. The maximum Gasteiger partial charge on any atom is 0.123 e. The van der Waals surface area contributed by atoms with Gasteiger partial charge in [-0.25, -0.2) is 4.98 Å². The first-order valence-electron chi connectivity index (χ1n) is 6.16. The number of nitrogens with two attached hydrogens (primary N) is 1. The van der Waals surface area contributed by atoms with Crippen molar-refractivity contribution in [2.24, 2.45) is 5.73 Å². The Morgan fingerprint density at radius 2 is 2.11 bits per heavy atom. The Kier molecular flexibility index (Phi) is 4.90. The zero-order chi connectivity index (χ0) is 13.7. The summed E-state index contributed by atoms with van der Waals surface area (Å²) in [6.07, 6.45) is 0. The molecule has 19 heavy (non-hydrogen) atoms. The van der Waals surface area contributed by atoms with E-state index in [-0.39, 0.29) is 0 Å². The number of para-hydroxylation sites is 1. The lowest BCUT2D eigenvalue weighted by atomic mass is 10.2. The summed E-state index contributed by atoms with van der Waals surface area (Å²) in [5.41, 5.74) is 7.83. The van der Waals surface area contributed by atoms with Gasteiger partial charge in [-0.2, -0.15) is 0 Å². The highest BCUT2D eigenvalue weighted by atomic mass is 32.1. The van der Waals surface area contributed by atoms with Crippen LogP contribution in [0.1, 0.15) is 16.3 Å². The zero-order valence-electron chi connectivity index (χ0n) is 11.3. The molecule has 0 saturated heterocycles. The number of nitrogens with zero attached hydrogens (tertiary/aromatic N) is 2. The number of hydrogen-bond acceptors (Lipinski definition) is 5. The van der Waals surface area contributed by atoms with Crippen molar-refractivity contribution in [3.63, 3.8) is 0 Å². The minimum absolute atomic E-state index is 0.515. The van der Waals surface area contributed by atoms with Gasteiger partial charge in [0.1, 0.15) is 10.8 Å². The van der Waals surface area contributed by atoms with Crippen LogP contribution in [-0.4, -0.2) is 24.0 Å². The van der Waals surface area contributed by atoms with Crippen LogP contribution in [0.4, 0.5) is 0 Å². The van der Waals surface area contributed by atoms with Gasteiger partial charge in [0.2, 0.25) is 0 Å². The third-order valence-corrected chi connectivity index (χ3v) is 3.76. The molecule has 2 rings (SSSR count). The summed E-state index contributed by atoms with van der Waals surface area (Å²) in [5.74, 6) is 0.926. The Balaban J connectivity index is 1.98. The zero-order valence-corrected chi connectivity index (χ0v) is 12.1. The highest BCUT2D eigenvalue weighted by molar-refractivity contribution is 7.09. The Morgan fingerprint density at radius 1 is 1.32 bits per heavy atom. The van der Waals surface area contributed by atoms with Crippen molar-refractivity contribution in [2.75, 3.05) is 14.2 Å². The summed E-state index contributed by atoms with van der Waals surface area (Å²) in [7, 11) is 3.78. The van der Waals surface area contributed by atoms with Crippen LogP contribution < -0.4 is 10.5 Å². The Hall–Kier alpha value is -1.43. The van der Waals surface area contributed by atoms with Crippen LogP contribution in [0.15, 0.2) is 29.6 Å². The fraction of sp³-hybridized carbons (Fsp3) is 0.357. The predicted octanol–water partition coefficient (Wildman–Crippen LogP) is 2.24. The maximum absolute atomic E-state index is 5.57. The van der Waals surface area contributed by atoms with Crippen LogP contribution in [0.2, 0.25) is 0 Å². The van der Waals surface area contributed by atoms with E-state index in [1.807, 2.05) is 18.2 Å². The van der Waals surface area contributed by atoms with Gasteiger partial charge >= 0.3 is 0 Å². The van der Waals surface area contributed by atoms with Crippen molar-refractivity contribution in [1.29, 1.82) is 0 Å². The van der Waals surface area contributed by atoms with E-state index in [4.69, 9.17) is 10.5 Å². The second-order valence-corrected chi connectivity index (χ2v) is 5.36. The largest absolute Gasteiger partial charge is 0.496 e. The number of methoxy groups -OCH3 is 1. The van der Waals surface area contributed by atoms with Gasteiger partial charge in [0.05, 0.1) is 12.8 Å². The van der Waals surface area contributed by atoms with Gasteiger partial charge in [0, 0.05) is 30.6 Å². The van der Waals surface area contributed by atoms with E-state index < -0.39 is 0 Å². The van der Waals surface area contributed by atoms with E-state index in [0.717, 1.165) is 29.5 Å². The van der Waals surface area contributed by atoms with E-state index in [9.17, 15) is 0 Å². The normalized spacial score (nSPS) is 10.9. The molecule has 2 aromatic rings. The molecule has 0 unspecified atom stereocenters. The molecule has 0 spiro atoms. The van der Waals surface area contributed by atoms with Gasteiger partial charge in [-0.15, -0.1) is 11.3 Å². The van der Waals surface area contributed by atoms with Crippen LogP contribution in [-0.2, 0) is 19.6 Å². The molecule has 5 heteroatoms. The third-order valence-electron chi connectivity index (χ3n) is 2.84. The van der Waals surface area contributed by atoms with E-state index in [1.54, 1.807) is 18.4 Å². The molecule has 102 valence electrons. The average molecular weight is 277 g/mol. The molecule has 0 atom stereocenters. The lowest BCUT2D eigenvalue weighted by molar-refractivity contribution is 0.307. The summed E-state index contributed by atoms with van der Waals surface area (Å²) in [4.78, 5) is 6.69. The first-order valence-corrected chi connectivity index (χ1v) is 7.04. The highest BCUT2D eigenvalue weighted by Crippen LogP contribution is 2.19. The van der Waals surface area contributed by atoms with Crippen molar-refractivity contribution in [3.8, 4) is 5.75 Å².